The zero-order valence-electron chi connectivity index (χ0n) is 24.7. The number of methoxy groups -OCH3 is 1. The molecule has 0 unspecified atom stereocenters. The van der Waals surface area contributed by atoms with Gasteiger partial charge in [-0.15, -0.1) is 11.3 Å². The molecule has 0 aliphatic heterocycles. The van der Waals surface area contributed by atoms with Crippen LogP contribution in [0.4, 0.5) is 5.69 Å². The van der Waals surface area contributed by atoms with Crippen LogP contribution in [0.2, 0.25) is 0 Å². The number of aromatic nitrogens is 1. The minimum atomic E-state index is -1.00. The summed E-state index contributed by atoms with van der Waals surface area (Å²) in [5, 5.41) is 31.3. The van der Waals surface area contributed by atoms with Crippen molar-refractivity contribution in [2.24, 2.45) is 0 Å². The SMILES string of the molecule is COc1cc(CNC[C@@H](O)[C@H](Cc2ccccc2)NC(=O)c2cccc(C(=O)N(C)Cc3nc(C)cs3)c2)cc([N+](=O)[O-])c1. The molecule has 12 heteroatoms. The Morgan fingerprint density at radius 1 is 1.07 bits per heavy atom. The highest BCUT2D eigenvalue weighted by atomic mass is 32.1. The van der Waals surface area contributed by atoms with Crippen molar-refractivity contribution in [3.05, 3.63) is 121 Å². The number of aliphatic hydroxyl groups excluding tert-OH is 1. The predicted molar refractivity (Wildman–Crippen MR) is 168 cm³/mol. The first-order chi connectivity index (χ1) is 21.1. The Kier molecular flexibility index (Phi) is 11.1. The summed E-state index contributed by atoms with van der Waals surface area (Å²) < 4.78 is 5.17. The van der Waals surface area contributed by atoms with Crippen molar-refractivity contribution in [3.63, 3.8) is 0 Å². The number of aryl methyl sites for hydroxylation is 1. The molecule has 3 aromatic carbocycles. The third-order valence-corrected chi connectivity index (χ3v) is 7.87. The molecule has 3 N–H and O–H groups in total. The van der Waals surface area contributed by atoms with Crippen LogP contribution in [-0.4, -0.2) is 64.6 Å². The number of nitrogens with zero attached hydrogens (tertiary/aromatic N) is 3. The Hall–Kier alpha value is -4.65. The number of amides is 2. The number of hydrogen-bond acceptors (Lipinski definition) is 9. The van der Waals surface area contributed by atoms with Crippen LogP contribution in [0.25, 0.3) is 0 Å². The summed E-state index contributed by atoms with van der Waals surface area (Å²) >= 11 is 1.49. The molecular formula is C32H35N5O6S. The number of nitrogens with one attached hydrogen (secondary N) is 2. The van der Waals surface area contributed by atoms with Gasteiger partial charge in [-0.3, -0.25) is 19.7 Å². The van der Waals surface area contributed by atoms with E-state index in [-0.39, 0.29) is 30.2 Å². The molecule has 2 amide bonds. The molecule has 0 aliphatic rings. The predicted octanol–water partition coefficient (Wildman–Crippen LogP) is 4.13. The van der Waals surface area contributed by atoms with Crippen LogP contribution in [0.5, 0.6) is 5.75 Å². The monoisotopic (exact) mass is 617 g/mol. The maximum atomic E-state index is 13.4. The number of rotatable bonds is 14. The van der Waals surface area contributed by atoms with Crippen molar-refractivity contribution in [1.82, 2.24) is 20.5 Å². The van der Waals surface area contributed by atoms with Crippen molar-refractivity contribution >= 4 is 28.8 Å². The van der Waals surface area contributed by atoms with Gasteiger partial charge in [0.15, 0.2) is 0 Å². The molecule has 0 fully saturated rings. The maximum absolute atomic E-state index is 13.4. The Labute approximate surface area is 259 Å². The van der Waals surface area contributed by atoms with Crippen LogP contribution < -0.4 is 15.4 Å². The van der Waals surface area contributed by atoms with E-state index in [0.717, 1.165) is 16.3 Å². The highest BCUT2D eigenvalue weighted by Gasteiger charge is 2.23. The Morgan fingerprint density at radius 3 is 2.50 bits per heavy atom. The van der Waals surface area contributed by atoms with E-state index in [1.165, 1.54) is 30.6 Å². The van der Waals surface area contributed by atoms with Crippen LogP contribution in [-0.2, 0) is 19.5 Å². The van der Waals surface area contributed by atoms with Crippen molar-refractivity contribution in [3.8, 4) is 5.75 Å². The average Bonchev–Trinajstić information content (AvgIpc) is 3.44. The van der Waals surface area contributed by atoms with E-state index in [1.54, 1.807) is 42.3 Å². The van der Waals surface area contributed by atoms with E-state index in [0.29, 0.717) is 29.8 Å². The van der Waals surface area contributed by atoms with Gasteiger partial charge in [-0.25, -0.2) is 4.98 Å². The minimum absolute atomic E-state index is 0.0962. The number of benzene rings is 3. The Balaban J connectivity index is 1.44. The normalized spacial score (nSPS) is 12.3. The minimum Gasteiger partial charge on any atom is -0.496 e. The van der Waals surface area contributed by atoms with E-state index >= 15 is 0 Å². The number of aliphatic hydroxyl groups is 1. The first-order valence-electron chi connectivity index (χ1n) is 14.0. The summed E-state index contributed by atoms with van der Waals surface area (Å²) in [5.41, 5.74) is 2.99. The van der Waals surface area contributed by atoms with Gasteiger partial charge in [0.05, 0.1) is 36.8 Å². The Morgan fingerprint density at radius 2 is 1.82 bits per heavy atom. The number of ether oxygens (including phenoxy) is 1. The van der Waals surface area contributed by atoms with Crippen LogP contribution in [0.3, 0.4) is 0 Å². The summed E-state index contributed by atoms with van der Waals surface area (Å²) in [6.45, 7) is 2.59. The molecule has 4 rings (SSSR count). The van der Waals surface area contributed by atoms with Gasteiger partial charge < -0.3 is 25.4 Å². The Bertz CT molecular complexity index is 1600. The molecule has 0 saturated carbocycles. The molecule has 0 aliphatic carbocycles. The smallest absolute Gasteiger partial charge is 0.273 e. The number of nitro groups is 1. The van der Waals surface area contributed by atoms with E-state index in [4.69, 9.17) is 4.74 Å². The molecule has 2 atom stereocenters. The number of thiazole rings is 1. The van der Waals surface area contributed by atoms with Crippen molar-refractivity contribution in [2.45, 2.75) is 38.6 Å². The van der Waals surface area contributed by atoms with Gasteiger partial charge in [0.25, 0.3) is 17.5 Å². The summed E-state index contributed by atoms with van der Waals surface area (Å²) in [6.07, 6.45) is -0.647. The maximum Gasteiger partial charge on any atom is 0.273 e. The van der Waals surface area contributed by atoms with Gasteiger partial charge in [0.1, 0.15) is 10.8 Å². The van der Waals surface area contributed by atoms with Gasteiger partial charge in [0, 0.05) is 48.4 Å². The van der Waals surface area contributed by atoms with Crippen molar-refractivity contribution < 1.29 is 24.4 Å². The molecule has 1 heterocycles. The van der Waals surface area contributed by atoms with Crippen LogP contribution >= 0.6 is 11.3 Å². The molecular weight excluding hydrogens is 582 g/mol. The number of carbonyl (C=O) groups is 2. The van der Waals surface area contributed by atoms with Gasteiger partial charge in [-0.05, 0) is 48.7 Å². The summed E-state index contributed by atoms with van der Waals surface area (Å²) in [4.78, 5) is 43.3. The summed E-state index contributed by atoms with van der Waals surface area (Å²) in [6, 6.07) is 19.7. The number of non-ortho nitro benzene ring substituents is 1. The lowest BCUT2D eigenvalue weighted by Crippen LogP contribution is -2.48. The fraction of sp³-hybridized carbons (Fsp3) is 0.281. The molecule has 0 spiro atoms. The number of nitro benzene ring substituents is 1. The first kappa shape index (κ1) is 32.3. The molecule has 4 aromatic rings. The lowest BCUT2D eigenvalue weighted by atomic mass is 10.00. The zero-order chi connectivity index (χ0) is 31.6. The lowest BCUT2D eigenvalue weighted by Gasteiger charge is -2.25. The molecule has 11 nitrogen and oxygen atoms in total. The molecule has 230 valence electrons. The van der Waals surface area contributed by atoms with Crippen molar-refractivity contribution in [1.29, 1.82) is 0 Å². The van der Waals surface area contributed by atoms with Gasteiger partial charge in [-0.1, -0.05) is 36.4 Å². The van der Waals surface area contributed by atoms with Gasteiger partial charge in [-0.2, -0.15) is 0 Å². The quantitative estimate of drug-likeness (QED) is 0.141. The van der Waals surface area contributed by atoms with E-state index < -0.39 is 23.0 Å². The lowest BCUT2D eigenvalue weighted by molar-refractivity contribution is -0.385. The molecule has 0 radical (unpaired) electrons. The van der Waals surface area contributed by atoms with Crippen LogP contribution in [0, 0.1) is 17.0 Å². The second-order valence-corrected chi connectivity index (χ2v) is 11.3. The third kappa shape index (κ3) is 8.93. The fourth-order valence-electron chi connectivity index (χ4n) is 4.64. The highest BCUT2D eigenvalue weighted by molar-refractivity contribution is 7.09. The van der Waals surface area contributed by atoms with Crippen LogP contribution in [0.15, 0.2) is 78.2 Å². The summed E-state index contributed by atoms with van der Waals surface area (Å²) in [5.74, 6) is -0.312. The number of hydrogen-bond donors (Lipinski definition) is 3. The first-order valence-corrected chi connectivity index (χ1v) is 14.8. The average molecular weight is 618 g/mol. The highest BCUT2D eigenvalue weighted by Crippen LogP contribution is 2.22. The molecule has 1 aromatic heterocycles. The van der Waals surface area contributed by atoms with Crippen molar-refractivity contribution in [2.75, 3.05) is 20.7 Å². The second kappa shape index (κ2) is 15.2. The third-order valence-electron chi connectivity index (χ3n) is 6.92. The fourth-order valence-corrected chi connectivity index (χ4v) is 5.47. The largest absolute Gasteiger partial charge is 0.496 e. The standard InChI is InChI=1S/C32H35N5O6S/c1-21-20-44-30(34-21)19-36(2)32(40)25-11-7-10-24(15-25)31(39)35-28(14-22-8-5-4-6-9-22)29(38)18-33-17-23-12-26(37(41)42)16-27(13-23)43-3/h4-13,15-16,20,28-29,33,38H,14,17-19H2,1-3H3,(H,35,39)/t28-,29+/m0/s1. The molecule has 0 bridgehead atoms. The second-order valence-electron chi connectivity index (χ2n) is 10.4. The van der Waals surface area contributed by atoms with Gasteiger partial charge >= 0.3 is 0 Å². The topological polar surface area (TPSA) is 147 Å². The van der Waals surface area contributed by atoms with Crippen LogP contribution in [0.1, 0.15) is 42.5 Å². The van der Waals surface area contributed by atoms with E-state index in [1.807, 2.05) is 42.6 Å². The zero-order valence-corrected chi connectivity index (χ0v) is 25.5. The number of carbonyl (C=O) groups excluding carboxylic acids is 2. The summed E-state index contributed by atoms with van der Waals surface area (Å²) in [7, 11) is 3.12. The molecule has 44 heavy (non-hydrogen) atoms. The van der Waals surface area contributed by atoms with E-state index in [2.05, 4.69) is 15.6 Å². The van der Waals surface area contributed by atoms with Gasteiger partial charge in [0.2, 0.25) is 0 Å². The van der Waals surface area contributed by atoms with E-state index in [9.17, 15) is 24.8 Å². The molecule has 0 saturated heterocycles.